The monoisotopic (exact) mass is 498 g/mol. The van der Waals surface area contributed by atoms with Crippen molar-refractivity contribution in [3.8, 4) is 12.3 Å². The Labute approximate surface area is 213 Å². The maximum Gasteiger partial charge on any atom is 0.244 e. The number of aryl methyl sites for hydroxylation is 1. The number of aromatic nitrogens is 2. The number of carbonyl (C=O) groups is 2. The lowest BCUT2D eigenvalue weighted by Gasteiger charge is -2.33. The Balaban J connectivity index is 1.84. The molecular weight excluding hydrogens is 460 g/mol. The molecule has 2 fully saturated rings. The highest BCUT2D eigenvalue weighted by Gasteiger charge is 2.52. The molecule has 2 amide bonds. The Morgan fingerprint density at radius 1 is 1.37 bits per heavy atom. The van der Waals surface area contributed by atoms with Gasteiger partial charge in [0.25, 0.3) is 0 Å². The fourth-order valence-electron chi connectivity index (χ4n) is 4.82. The van der Waals surface area contributed by atoms with Gasteiger partial charge < -0.3 is 16.0 Å². The summed E-state index contributed by atoms with van der Waals surface area (Å²) in [4.78, 5) is 28.6. The largest absolute Gasteiger partial charge is 0.351 e. The Bertz CT molecular complexity index is 1040. The SMILES string of the molecule is C#C/C=C\C(=C/C)n1nc(C)cc1NC(=O)[C@H]1N2C[C@@H](NC(=O)[C@H](C)NC)CCC[C@H]2SC1(C)C. The van der Waals surface area contributed by atoms with E-state index < -0.39 is 0 Å². The van der Waals surface area contributed by atoms with Gasteiger partial charge in [0.2, 0.25) is 11.8 Å². The first kappa shape index (κ1) is 27.1. The van der Waals surface area contributed by atoms with Gasteiger partial charge in [0.05, 0.1) is 22.8 Å². The van der Waals surface area contributed by atoms with Gasteiger partial charge in [-0.1, -0.05) is 12.0 Å². The third-order valence-electron chi connectivity index (χ3n) is 6.63. The number of thioether (sulfide) groups is 1. The number of nitrogens with one attached hydrogen (secondary N) is 3. The zero-order chi connectivity index (χ0) is 25.8. The molecule has 35 heavy (non-hydrogen) atoms. The van der Waals surface area contributed by atoms with Crippen LogP contribution >= 0.6 is 11.8 Å². The van der Waals surface area contributed by atoms with E-state index in [0.29, 0.717) is 12.4 Å². The molecule has 1 aromatic heterocycles. The Hall–Kier alpha value is -2.54. The smallest absolute Gasteiger partial charge is 0.244 e. The first-order chi connectivity index (χ1) is 16.6. The molecular formula is C26H38N6O2S. The summed E-state index contributed by atoms with van der Waals surface area (Å²) in [6, 6.07) is 1.26. The van der Waals surface area contributed by atoms with Crippen molar-refractivity contribution in [3.63, 3.8) is 0 Å². The Morgan fingerprint density at radius 2 is 2.11 bits per heavy atom. The van der Waals surface area contributed by atoms with E-state index in [1.54, 1.807) is 23.9 Å². The van der Waals surface area contributed by atoms with E-state index in [2.05, 4.69) is 45.7 Å². The van der Waals surface area contributed by atoms with Crippen molar-refractivity contribution in [3.05, 3.63) is 30.0 Å². The lowest BCUT2D eigenvalue weighted by Crippen LogP contribution is -2.55. The summed E-state index contributed by atoms with van der Waals surface area (Å²) in [7, 11) is 1.78. The van der Waals surface area contributed by atoms with Crippen molar-refractivity contribution in [2.24, 2.45) is 0 Å². The summed E-state index contributed by atoms with van der Waals surface area (Å²) in [5, 5.41) is 14.1. The van der Waals surface area contributed by atoms with E-state index in [1.165, 1.54) is 0 Å². The second-order valence-corrected chi connectivity index (χ2v) is 11.5. The topological polar surface area (TPSA) is 91.3 Å². The molecule has 2 aliphatic rings. The van der Waals surface area contributed by atoms with Crippen LogP contribution < -0.4 is 16.0 Å². The van der Waals surface area contributed by atoms with Crippen molar-refractivity contribution >= 4 is 35.1 Å². The fourth-order valence-corrected chi connectivity index (χ4v) is 6.52. The molecule has 190 valence electrons. The van der Waals surface area contributed by atoms with Crippen LogP contribution in [0.2, 0.25) is 0 Å². The van der Waals surface area contributed by atoms with Crippen LogP contribution in [0.15, 0.2) is 24.3 Å². The number of hydrogen-bond donors (Lipinski definition) is 3. The van der Waals surface area contributed by atoms with Gasteiger partial charge in [-0.2, -0.15) is 5.10 Å². The van der Waals surface area contributed by atoms with E-state index >= 15 is 0 Å². The molecule has 2 aliphatic heterocycles. The minimum atomic E-state index is -0.351. The molecule has 3 heterocycles. The standard InChI is InChI=1S/C26H38N6O2S/c1-8-10-13-20(9-2)32-21(15-17(3)30-32)29-25(34)23-26(5,6)35-22-14-11-12-19(16-31(22)23)28-24(33)18(4)27-7/h1,9-10,13,15,18-19,22-23,27H,11-12,14,16H2,2-7H3,(H,28,33)(H,29,34)/b13-10-,20-9+/t18-,19-,22+,23+/m0/s1. The number of hydrogen-bond acceptors (Lipinski definition) is 6. The molecule has 3 rings (SSSR count). The van der Waals surface area contributed by atoms with E-state index in [-0.39, 0.29) is 40.1 Å². The lowest BCUT2D eigenvalue weighted by molar-refractivity contribution is -0.123. The summed E-state index contributed by atoms with van der Waals surface area (Å²) < 4.78 is 1.42. The van der Waals surface area contributed by atoms with Crippen molar-refractivity contribution in [1.29, 1.82) is 0 Å². The molecule has 8 nitrogen and oxygen atoms in total. The summed E-state index contributed by atoms with van der Waals surface area (Å²) in [5.41, 5.74) is 1.57. The third-order valence-corrected chi connectivity index (χ3v) is 8.24. The Kier molecular flexibility index (Phi) is 8.86. The second-order valence-electron chi connectivity index (χ2n) is 9.71. The number of likely N-dealkylation sites (N-methyl/N-ethyl adjacent to an activating group) is 1. The molecule has 1 aromatic rings. The van der Waals surface area contributed by atoms with E-state index in [4.69, 9.17) is 6.42 Å². The first-order valence-electron chi connectivity index (χ1n) is 12.2. The zero-order valence-corrected chi connectivity index (χ0v) is 22.4. The van der Waals surface area contributed by atoms with Gasteiger partial charge in [-0.05, 0) is 73.1 Å². The number of terminal acetylenes is 1. The summed E-state index contributed by atoms with van der Waals surface area (Å²) in [6.45, 7) is 10.5. The van der Waals surface area contributed by atoms with Crippen LogP contribution in [0.3, 0.4) is 0 Å². The molecule has 4 atom stereocenters. The predicted molar refractivity (Wildman–Crippen MR) is 144 cm³/mol. The summed E-state index contributed by atoms with van der Waals surface area (Å²) in [5.74, 6) is 3.02. The predicted octanol–water partition coefficient (Wildman–Crippen LogP) is 2.98. The maximum absolute atomic E-state index is 13.8. The van der Waals surface area contributed by atoms with Crippen LogP contribution in [0.25, 0.3) is 5.70 Å². The number of carbonyl (C=O) groups excluding carboxylic acids is 2. The summed E-state index contributed by atoms with van der Waals surface area (Å²) >= 11 is 1.85. The van der Waals surface area contributed by atoms with Crippen LogP contribution in [-0.4, -0.2) is 68.3 Å². The van der Waals surface area contributed by atoms with Crippen molar-refractivity contribution in [1.82, 2.24) is 25.3 Å². The molecule has 3 N–H and O–H groups in total. The minimum absolute atomic E-state index is 0.00407. The maximum atomic E-state index is 13.8. The number of nitrogens with zero attached hydrogens (tertiary/aromatic N) is 3. The van der Waals surface area contributed by atoms with Crippen LogP contribution in [0.4, 0.5) is 5.82 Å². The van der Waals surface area contributed by atoms with E-state index in [0.717, 1.165) is 30.7 Å². The average Bonchev–Trinajstić information content (AvgIpc) is 3.20. The number of fused-ring (bicyclic) bond motifs is 1. The van der Waals surface area contributed by atoms with Crippen LogP contribution in [0.5, 0.6) is 0 Å². The minimum Gasteiger partial charge on any atom is -0.351 e. The van der Waals surface area contributed by atoms with Gasteiger partial charge in [-0.25, -0.2) is 4.68 Å². The van der Waals surface area contributed by atoms with Crippen LogP contribution in [0.1, 0.15) is 52.7 Å². The number of amides is 2. The molecule has 0 radical (unpaired) electrons. The van der Waals surface area contributed by atoms with Crippen LogP contribution in [-0.2, 0) is 9.59 Å². The fraction of sp³-hybridized carbons (Fsp3) is 0.577. The van der Waals surface area contributed by atoms with Gasteiger partial charge in [0.1, 0.15) is 11.9 Å². The summed E-state index contributed by atoms with van der Waals surface area (Å²) in [6.07, 6.45) is 13.6. The van der Waals surface area contributed by atoms with Gasteiger partial charge >= 0.3 is 0 Å². The molecule has 2 saturated heterocycles. The number of rotatable bonds is 7. The molecule has 0 aromatic carbocycles. The molecule has 0 spiro atoms. The Morgan fingerprint density at radius 3 is 2.77 bits per heavy atom. The van der Waals surface area contributed by atoms with Crippen molar-refractivity contribution < 1.29 is 9.59 Å². The highest BCUT2D eigenvalue weighted by Crippen LogP contribution is 2.47. The molecule has 0 aliphatic carbocycles. The highest BCUT2D eigenvalue weighted by molar-refractivity contribution is 8.01. The van der Waals surface area contributed by atoms with Gasteiger partial charge in [-0.3, -0.25) is 14.5 Å². The van der Waals surface area contributed by atoms with Crippen molar-refractivity contribution in [2.45, 2.75) is 82.1 Å². The normalized spacial score (nSPS) is 25.5. The van der Waals surface area contributed by atoms with Crippen LogP contribution in [0, 0.1) is 19.3 Å². The number of anilines is 1. The van der Waals surface area contributed by atoms with Gasteiger partial charge in [-0.15, -0.1) is 18.2 Å². The quantitative estimate of drug-likeness (QED) is 0.396. The zero-order valence-electron chi connectivity index (χ0n) is 21.6. The second kappa shape index (κ2) is 11.5. The third kappa shape index (κ3) is 6.18. The highest BCUT2D eigenvalue weighted by atomic mass is 32.2. The van der Waals surface area contributed by atoms with E-state index in [9.17, 15) is 9.59 Å². The molecule has 0 unspecified atom stereocenters. The van der Waals surface area contributed by atoms with Gasteiger partial charge in [0, 0.05) is 23.4 Å². The lowest BCUT2D eigenvalue weighted by atomic mass is 10.00. The number of allylic oxidation sites excluding steroid dienone is 4. The molecule has 0 bridgehead atoms. The average molecular weight is 499 g/mol. The van der Waals surface area contributed by atoms with E-state index in [1.807, 2.05) is 44.7 Å². The first-order valence-corrected chi connectivity index (χ1v) is 13.1. The van der Waals surface area contributed by atoms with Gasteiger partial charge in [0.15, 0.2) is 0 Å². The molecule has 0 saturated carbocycles. The van der Waals surface area contributed by atoms with Crippen molar-refractivity contribution in [2.75, 3.05) is 18.9 Å². The molecule has 9 heteroatoms.